The average Bonchev–Trinajstić information content (AvgIpc) is 2.50. The van der Waals surface area contributed by atoms with E-state index in [1.807, 2.05) is 70.2 Å². The fourth-order valence-electron chi connectivity index (χ4n) is 2.12. The van der Waals surface area contributed by atoms with Gasteiger partial charge in [-0.3, -0.25) is 4.57 Å². The molecule has 0 aliphatic carbocycles. The molecule has 120 valence electrons. The van der Waals surface area contributed by atoms with Crippen molar-refractivity contribution >= 4 is 23.7 Å². The number of hydrogen-bond acceptors (Lipinski definition) is 3. The summed E-state index contributed by atoms with van der Waals surface area (Å²) in [7, 11) is -3.32. The van der Waals surface area contributed by atoms with Gasteiger partial charge >= 0.3 is 7.60 Å². The molecule has 0 N–H and O–H groups in total. The maximum Gasteiger partial charge on any atom is 0.361 e. The molecule has 0 heterocycles. The Bertz CT molecular complexity index is 643. The third-order valence-electron chi connectivity index (χ3n) is 3.22. The lowest BCUT2D eigenvalue weighted by atomic mass is 10.1. The third-order valence-corrected chi connectivity index (χ3v) is 5.18. The van der Waals surface area contributed by atoms with Gasteiger partial charge in [-0.1, -0.05) is 64.1 Å². The van der Waals surface area contributed by atoms with Crippen LogP contribution >= 0.6 is 7.60 Å². The second kappa shape index (κ2) is 7.41. The van der Waals surface area contributed by atoms with Crippen molar-refractivity contribution in [3.8, 4) is 0 Å². The summed E-state index contributed by atoms with van der Waals surface area (Å²) in [5.41, 5.74) is 0. The van der Waals surface area contributed by atoms with E-state index < -0.39 is 7.60 Å². The zero-order chi connectivity index (χ0) is 16.2. The highest BCUT2D eigenvalue weighted by Crippen LogP contribution is 2.49. The predicted molar refractivity (Wildman–Crippen MR) is 92.8 cm³/mol. The molecule has 0 radical (unpaired) electrons. The minimum absolute atomic E-state index is 0.297. The lowest BCUT2D eigenvalue weighted by Crippen LogP contribution is -2.15. The zero-order valence-corrected chi connectivity index (χ0v) is 14.7. The van der Waals surface area contributed by atoms with Gasteiger partial charge in [-0.15, -0.1) is 0 Å². The Balaban J connectivity index is 2.44. The van der Waals surface area contributed by atoms with E-state index in [1.54, 1.807) is 0 Å². The van der Waals surface area contributed by atoms with Crippen molar-refractivity contribution in [2.24, 2.45) is 11.8 Å². The van der Waals surface area contributed by atoms with Crippen LogP contribution in [-0.4, -0.2) is 13.2 Å². The second-order valence-electron chi connectivity index (χ2n) is 6.37. The smallest absolute Gasteiger partial charge is 0.305 e. The topological polar surface area (TPSA) is 35.5 Å². The molecule has 4 heteroatoms. The van der Waals surface area contributed by atoms with Gasteiger partial charge in [-0.2, -0.15) is 0 Å². The van der Waals surface area contributed by atoms with Crippen molar-refractivity contribution in [3.63, 3.8) is 0 Å². The minimum Gasteiger partial charge on any atom is -0.305 e. The van der Waals surface area contributed by atoms with Gasteiger partial charge in [0.2, 0.25) is 0 Å². The molecule has 0 spiro atoms. The summed E-state index contributed by atoms with van der Waals surface area (Å²) in [6.07, 6.45) is 0. The Labute approximate surface area is 133 Å². The first-order valence-electron chi connectivity index (χ1n) is 7.80. The Morgan fingerprint density at radius 1 is 0.864 bits per heavy atom. The summed E-state index contributed by atoms with van der Waals surface area (Å²) in [5, 5.41) is 2.63. The molecule has 22 heavy (non-hydrogen) atoms. The van der Waals surface area contributed by atoms with E-state index in [-0.39, 0.29) is 0 Å². The molecule has 0 fully saturated rings. The van der Waals surface area contributed by atoms with Gasteiger partial charge in [0, 0.05) is 0 Å². The number of hydrogen-bond donors (Lipinski definition) is 0. The molecule has 0 aromatic heterocycles. The maximum absolute atomic E-state index is 13.4. The van der Waals surface area contributed by atoms with Gasteiger partial charge in [-0.25, -0.2) is 0 Å². The quantitative estimate of drug-likeness (QED) is 0.673. The molecular weight excluding hydrogens is 295 g/mol. The highest BCUT2D eigenvalue weighted by Gasteiger charge is 2.30. The van der Waals surface area contributed by atoms with E-state index in [9.17, 15) is 4.57 Å². The average molecular weight is 320 g/mol. The van der Waals surface area contributed by atoms with Gasteiger partial charge in [0.1, 0.15) is 0 Å². The lowest BCUT2D eigenvalue weighted by molar-refractivity contribution is 0.181. The fourth-order valence-corrected chi connectivity index (χ4v) is 4.23. The molecule has 3 nitrogen and oxygen atoms in total. The SMILES string of the molecule is CC(C)COP(=O)(OCC(C)C)c1cccc2ccccc12. The molecule has 0 unspecified atom stereocenters. The van der Waals surface area contributed by atoms with Gasteiger partial charge in [0.25, 0.3) is 0 Å². The van der Waals surface area contributed by atoms with E-state index in [0.29, 0.717) is 30.4 Å². The number of benzene rings is 2. The van der Waals surface area contributed by atoms with Crippen molar-refractivity contribution in [2.75, 3.05) is 13.2 Å². The van der Waals surface area contributed by atoms with Crippen molar-refractivity contribution < 1.29 is 13.6 Å². The first-order chi connectivity index (χ1) is 10.4. The summed E-state index contributed by atoms with van der Waals surface area (Å²) in [6.45, 7) is 8.98. The number of rotatable bonds is 7. The third kappa shape index (κ3) is 4.19. The van der Waals surface area contributed by atoms with Crippen LogP contribution in [-0.2, 0) is 13.6 Å². The minimum atomic E-state index is -3.32. The molecule has 0 atom stereocenters. The number of fused-ring (bicyclic) bond motifs is 1. The standard InChI is InChI=1S/C18H25O3P/c1-14(2)12-20-22(19,21-13-15(3)4)18-11-7-9-16-8-5-6-10-17(16)18/h5-11,14-15H,12-13H2,1-4H3. The highest BCUT2D eigenvalue weighted by molar-refractivity contribution is 7.62. The Kier molecular flexibility index (Phi) is 5.80. The van der Waals surface area contributed by atoms with Crippen LogP contribution in [0.4, 0.5) is 0 Å². The molecule has 2 aromatic carbocycles. The van der Waals surface area contributed by atoms with Crippen LogP contribution in [0.1, 0.15) is 27.7 Å². The Hall–Kier alpha value is -1.15. The molecule has 0 aliphatic heterocycles. The van der Waals surface area contributed by atoms with Crippen LogP contribution in [0.2, 0.25) is 0 Å². The van der Waals surface area contributed by atoms with Gasteiger partial charge in [-0.05, 0) is 28.7 Å². The van der Waals surface area contributed by atoms with Crippen molar-refractivity contribution in [1.29, 1.82) is 0 Å². The van der Waals surface area contributed by atoms with Crippen molar-refractivity contribution in [2.45, 2.75) is 27.7 Å². The van der Waals surface area contributed by atoms with Crippen LogP contribution in [0.25, 0.3) is 10.8 Å². The van der Waals surface area contributed by atoms with E-state index >= 15 is 0 Å². The highest BCUT2D eigenvalue weighted by atomic mass is 31.2. The predicted octanol–water partition coefficient (Wildman–Crippen LogP) is 5.00. The molecule has 0 aliphatic rings. The summed E-state index contributed by atoms with van der Waals surface area (Å²) < 4.78 is 24.9. The van der Waals surface area contributed by atoms with Crippen LogP contribution in [0, 0.1) is 11.8 Å². The van der Waals surface area contributed by atoms with Crippen LogP contribution in [0.5, 0.6) is 0 Å². The van der Waals surface area contributed by atoms with Crippen LogP contribution in [0.15, 0.2) is 42.5 Å². The first-order valence-corrected chi connectivity index (χ1v) is 9.34. The summed E-state index contributed by atoms with van der Waals surface area (Å²) in [4.78, 5) is 0. The lowest BCUT2D eigenvalue weighted by Gasteiger charge is -2.22. The normalized spacial score (nSPS) is 12.5. The summed E-state index contributed by atoms with van der Waals surface area (Å²) in [5.74, 6) is 0.594. The second-order valence-corrected chi connectivity index (χ2v) is 8.37. The largest absolute Gasteiger partial charge is 0.361 e. The van der Waals surface area contributed by atoms with E-state index in [0.717, 1.165) is 10.8 Å². The van der Waals surface area contributed by atoms with Gasteiger partial charge in [0.15, 0.2) is 0 Å². The van der Waals surface area contributed by atoms with Gasteiger partial charge in [0.05, 0.1) is 18.5 Å². The Morgan fingerprint density at radius 3 is 2.00 bits per heavy atom. The molecule has 0 bridgehead atoms. The molecule has 0 amide bonds. The van der Waals surface area contributed by atoms with Crippen LogP contribution < -0.4 is 5.30 Å². The van der Waals surface area contributed by atoms with Crippen molar-refractivity contribution in [1.82, 2.24) is 0 Å². The monoisotopic (exact) mass is 320 g/mol. The molecule has 0 saturated carbocycles. The van der Waals surface area contributed by atoms with E-state index in [1.165, 1.54) is 0 Å². The Morgan fingerprint density at radius 2 is 1.41 bits per heavy atom. The summed E-state index contributed by atoms with van der Waals surface area (Å²) in [6, 6.07) is 13.7. The zero-order valence-electron chi connectivity index (χ0n) is 13.8. The first kappa shape index (κ1) is 17.2. The van der Waals surface area contributed by atoms with E-state index in [4.69, 9.17) is 9.05 Å². The molecule has 0 saturated heterocycles. The van der Waals surface area contributed by atoms with Crippen molar-refractivity contribution in [3.05, 3.63) is 42.5 Å². The van der Waals surface area contributed by atoms with Crippen LogP contribution in [0.3, 0.4) is 0 Å². The molecule has 2 aromatic rings. The van der Waals surface area contributed by atoms with E-state index in [2.05, 4.69) is 0 Å². The fraction of sp³-hybridized carbons (Fsp3) is 0.444. The molecular formula is C18H25O3P. The summed E-state index contributed by atoms with van der Waals surface area (Å²) >= 11 is 0. The maximum atomic E-state index is 13.4. The molecule has 2 rings (SSSR count). The van der Waals surface area contributed by atoms with Gasteiger partial charge < -0.3 is 9.05 Å².